The molecule has 10 aliphatic rings. The summed E-state index contributed by atoms with van der Waals surface area (Å²) in [4.78, 5) is 126. The number of amides is 4. The number of ether oxygens (including phenoxy) is 7. The van der Waals surface area contributed by atoms with E-state index in [4.69, 9.17) is 48.3 Å². The molecule has 2 aromatic carbocycles. The Labute approximate surface area is 712 Å². The maximum absolute atomic E-state index is 17.1. The molecular weight excluding hydrogens is 1600 g/mol. The number of carbonyl (C=O) groups is 8. The van der Waals surface area contributed by atoms with Crippen LogP contribution in [0.2, 0.25) is 0 Å². The van der Waals surface area contributed by atoms with Gasteiger partial charge in [0, 0.05) is 71.8 Å². The number of aromatic nitrogens is 2. The highest BCUT2D eigenvalue weighted by atomic mass is 32.2. The van der Waals surface area contributed by atoms with Crippen LogP contribution >= 0.6 is 0 Å². The Morgan fingerprint density at radius 3 is 1.49 bits per heavy atom. The van der Waals surface area contributed by atoms with Gasteiger partial charge in [0.25, 0.3) is 0 Å². The minimum atomic E-state index is -4.00. The second-order valence-electron chi connectivity index (χ2n) is 37.9. The lowest BCUT2D eigenvalue weighted by atomic mass is 9.83. The number of nitrogens with two attached hydrogens (primary N) is 1. The van der Waals surface area contributed by atoms with Crippen LogP contribution in [0.3, 0.4) is 0 Å². The number of nitrogens with zero attached hydrogens (tertiary/aromatic N) is 4. The second-order valence-corrected chi connectivity index (χ2v) is 42.2. The topological polar surface area (TPSA) is 352 Å². The first-order valence-corrected chi connectivity index (χ1v) is 45.5. The van der Waals surface area contributed by atoms with E-state index in [1.54, 1.807) is 106 Å². The third-order valence-electron chi connectivity index (χ3n) is 25.4. The number of halogens is 2. The van der Waals surface area contributed by atoms with E-state index in [1.165, 1.54) is 16.9 Å². The zero-order valence-electron chi connectivity index (χ0n) is 71.6. The maximum Gasteiger partial charge on any atom is 0.332 e. The Balaban J connectivity index is 0.000000229. The number of allylic oxidation sites excluding steroid dienone is 3. The first-order valence-electron chi connectivity index (χ1n) is 42.4. The van der Waals surface area contributed by atoms with Gasteiger partial charge < -0.3 is 48.3 Å². The smallest absolute Gasteiger partial charge is 0.332 e. The maximum atomic E-state index is 17.1. The number of alkyl halides is 2. The van der Waals surface area contributed by atoms with E-state index in [2.05, 4.69) is 10.0 Å². The molecule has 0 radical (unpaired) electrons. The molecule has 4 amide bonds. The summed E-state index contributed by atoms with van der Waals surface area (Å²) in [6, 6.07) is 8.41. The molecule has 6 aliphatic heterocycles. The van der Waals surface area contributed by atoms with Crippen molar-refractivity contribution in [1.82, 2.24) is 29.8 Å². The highest BCUT2D eigenvalue weighted by Gasteiger charge is 2.66. The molecule has 8 heterocycles. The fourth-order valence-corrected chi connectivity index (χ4v) is 19.9. The normalized spacial score (nSPS) is 29.2. The van der Waals surface area contributed by atoms with Crippen molar-refractivity contribution in [2.45, 2.75) is 326 Å². The molecule has 2 aromatic heterocycles. The van der Waals surface area contributed by atoms with Crippen molar-refractivity contribution in [2.75, 3.05) is 33.9 Å². The van der Waals surface area contributed by atoms with Crippen molar-refractivity contribution in [3.8, 4) is 23.0 Å². The van der Waals surface area contributed by atoms with E-state index >= 15 is 8.78 Å². The number of primary sulfonamides is 1. The molecule has 0 unspecified atom stereocenters. The number of esters is 3. The number of rotatable bonds is 14. The van der Waals surface area contributed by atoms with Gasteiger partial charge in [-0.3, -0.25) is 38.3 Å². The van der Waals surface area contributed by atoms with Crippen LogP contribution in [0.25, 0.3) is 21.8 Å². The van der Waals surface area contributed by atoms with E-state index < -0.39 is 146 Å². The summed E-state index contributed by atoms with van der Waals surface area (Å²) in [7, 11) is -4.14. The predicted octanol–water partition coefficient (Wildman–Crippen LogP) is 15.2. The quantitative estimate of drug-likeness (QED) is 0.0599. The molecule has 12 atom stereocenters. The van der Waals surface area contributed by atoms with Gasteiger partial charge in [0.05, 0.1) is 90.1 Å². The Hall–Kier alpha value is -8.38. The first kappa shape index (κ1) is 94.9. The van der Waals surface area contributed by atoms with Gasteiger partial charge >= 0.3 is 17.9 Å². The first-order chi connectivity index (χ1) is 55.8. The van der Waals surface area contributed by atoms with Crippen LogP contribution in [-0.4, -0.2) is 167 Å². The number of benzene rings is 2. The van der Waals surface area contributed by atoms with E-state index in [-0.39, 0.29) is 115 Å². The number of carbonyl (C=O) groups excluding carboxylic acids is 8. The Kier molecular flexibility index (Phi) is 28.3. The average Bonchev–Trinajstić information content (AvgIpc) is 0.981. The van der Waals surface area contributed by atoms with Crippen LogP contribution < -0.4 is 34.1 Å². The van der Waals surface area contributed by atoms with Crippen molar-refractivity contribution in [2.24, 2.45) is 34.2 Å². The third-order valence-corrected chi connectivity index (χ3v) is 29.4. The zero-order valence-corrected chi connectivity index (χ0v) is 73.3. The molecule has 2 saturated heterocycles. The summed E-state index contributed by atoms with van der Waals surface area (Å²) in [6.07, 6.45) is 13.7. The molecule has 6 fully saturated rings. The largest absolute Gasteiger partial charge is 0.497 e. The van der Waals surface area contributed by atoms with E-state index in [9.17, 15) is 55.2 Å². The lowest BCUT2D eigenvalue weighted by Gasteiger charge is -2.39. The summed E-state index contributed by atoms with van der Waals surface area (Å²) in [5, 5.41) is 8.97. The highest BCUT2D eigenvalue weighted by Crippen LogP contribution is 2.60. The van der Waals surface area contributed by atoms with Crippen molar-refractivity contribution in [1.29, 1.82) is 0 Å². The van der Waals surface area contributed by atoms with Gasteiger partial charge in [-0.2, -0.15) is 0 Å². The number of fused-ring (bicyclic) bond motifs is 10. The third kappa shape index (κ3) is 20.5. The summed E-state index contributed by atoms with van der Waals surface area (Å²) in [5.74, 6) is -4.92. The number of hydrogen-bond donors (Lipinski definition) is 3. The number of nitrogens with one attached hydrogen (secondary N) is 2. The Bertz CT molecular complexity index is 4920. The number of methoxy groups -OCH3 is 2. The monoisotopic (exact) mass is 1730 g/mol. The van der Waals surface area contributed by atoms with Crippen molar-refractivity contribution in [3.05, 3.63) is 83.2 Å². The minimum Gasteiger partial charge on any atom is -0.497 e. The lowest BCUT2D eigenvalue weighted by Crippen LogP contribution is -2.54. The highest BCUT2D eigenvalue weighted by molar-refractivity contribution is 7.91. The molecule has 4 aliphatic carbocycles. The fourth-order valence-electron chi connectivity index (χ4n) is 17.9. The van der Waals surface area contributed by atoms with Gasteiger partial charge in [0.2, 0.25) is 43.7 Å². The van der Waals surface area contributed by atoms with Crippen LogP contribution in [0.15, 0.2) is 60.7 Å². The van der Waals surface area contributed by atoms with E-state index in [1.807, 2.05) is 52.0 Å². The standard InChI is InChI=1S/C44H58FN3O9S.C41H54FN3O8.C4H9NO2S.2CH4/c1-26(2)37-38-36(30-20-29(55-7)15-16-32(30)46-37)31(45)22-43(57-38)23-33-34(49)24-44(40(52)47-58(53,54)42(6)17-18-42)21-28(44)14-12-10-8-9-11-13-27(39(51)48(33)25-43)19-35(50)56-41(3,4)5;1-8-51-38(49)41-20-26(41)15-13-11-9-10-12-14-25(18-32(46)52-39(4,5)6)37(48)45-23-40(22-31(45)36(47)44-41)21-29(42)33-28-19-27(50-7)16-17-30(28)43-34(24(2)3)35(33)53-40;1-4(2-3-4)8(5,6)7;;/h12,14-16,20,26-28,31,33H,8-11,13,17-19,21-25H2,1-7H3,(H,47,52);13,15-17,19,24-26,29,31H,8-12,14,18,20-23H2,1-7H3,(H,44,47);2-3H2,1H3,(H2,5,6,7);2*1H4/b14-12-;15-13-;;;/t27-,28-,31-,33+,43-,44-;25-,26-,29-,31+,40-,41-;;;/m11.../s1. The van der Waals surface area contributed by atoms with Gasteiger partial charge in [-0.05, 0) is 194 Å². The molecular formula is C91H129F2N7O19S2. The fraction of sp³-hybridized carbons (Fsp3) is 0.670. The summed E-state index contributed by atoms with van der Waals surface area (Å²) in [5.41, 5.74) is -3.69. The van der Waals surface area contributed by atoms with Crippen molar-refractivity contribution < 1.29 is 97.1 Å². The summed E-state index contributed by atoms with van der Waals surface area (Å²) < 4.78 is 124. The summed E-state index contributed by atoms with van der Waals surface area (Å²) in [6.45, 7) is 23.3. The number of pyridine rings is 2. The minimum absolute atomic E-state index is 0. The molecule has 14 rings (SSSR count). The molecule has 0 bridgehead atoms. The van der Waals surface area contributed by atoms with Crippen LogP contribution in [0, 0.1) is 29.1 Å². The van der Waals surface area contributed by atoms with Gasteiger partial charge in [0.15, 0.2) is 5.78 Å². The van der Waals surface area contributed by atoms with Gasteiger partial charge in [-0.15, -0.1) is 0 Å². The van der Waals surface area contributed by atoms with Crippen LogP contribution in [0.4, 0.5) is 8.78 Å². The number of ketones is 1. The zero-order chi connectivity index (χ0) is 86.7. The molecule has 2 spiro atoms. The number of sulfonamides is 2. The number of hydrogen-bond acceptors (Lipinski definition) is 21. The van der Waals surface area contributed by atoms with E-state index in [0.29, 0.717) is 113 Å². The van der Waals surface area contributed by atoms with Crippen molar-refractivity contribution in [3.63, 3.8) is 0 Å². The lowest BCUT2D eigenvalue weighted by molar-refractivity contribution is -0.159. The number of Topliss-reactive ketones (excluding diaryl/α,β-unsaturated/α-hetero) is 1. The van der Waals surface area contributed by atoms with E-state index in [0.717, 1.165) is 44.9 Å². The average molecular weight is 1730 g/mol. The molecule has 121 heavy (non-hydrogen) atoms. The Morgan fingerprint density at radius 1 is 0.628 bits per heavy atom. The SMILES string of the molecule is C.C.CC1(S(N)(=O)=O)CC1.CCOC(=O)[C@@]12C[C@H]1/C=C\CCCCC[C@H](CC(=O)OC(C)(C)C)C(=O)N1C[C@@]3(C[C@@H](F)c4c(c(C(C)C)nc5ccc(OC)cc45)O3)C[C@H]1C(=O)N2.COc1ccc2nc(C(C)C)c3c(c2c1)[C@H](F)C[C@]1(C[C@H]2C(=O)C[C@]4(C(=O)NS(=O)(=O)C5(C)CC5)C[C@H]4/C=C\CCCCC[C@H](CC(=O)OC(C)(C)C)C(=O)N2C1)O3. The molecule has 26 nitrogen and oxygen atoms in total. The molecule has 4 saturated carbocycles. The second kappa shape index (κ2) is 36.1. The van der Waals surface area contributed by atoms with Crippen LogP contribution in [0.5, 0.6) is 23.0 Å². The molecule has 668 valence electrons. The molecule has 4 aromatic rings. The van der Waals surface area contributed by atoms with Gasteiger partial charge in [-0.25, -0.2) is 45.5 Å². The Morgan fingerprint density at radius 2 is 1.07 bits per heavy atom. The van der Waals surface area contributed by atoms with Gasteiger partial charge in [-0.1, -0.05) is 92.5 Å². The predicted molar refractivity (Wildman–Crippen MR) is 456 cm³/mol. The molecule has 30 heteroatoms. The van der Waals surface area contributed by atoms with Crippen molar-refractivity contribution >= 4 is 89.2 Å². The molecule has 4 N–H and O–H groups in total. The summed E-state index contributed by atoms with van der Waals surface area (Å²) >= 11 is 0. The van der Waals surface area contributed by atoms with Crippen LogP contribution in [-0.2, 0) is 72.6 Å². The van der Waals surface area contributed by atoms with Gasteiger partial charge in [0.1, 0.15) is 69.3 Å². The van der Waals surface area contributed by atoms with Crippen LogP contribution in [0.1, 0.15) is 299 Å².